The van der Waals surface area contributed by atoms with Gasteiger partial charge in [0.25, 0.3) is 0 Å². The molecule has 8 atom stereocenters. The van der Waals surface area contributed by atoms with Gasteiger partial charge in [-0.2, -0.15) is 0 Å². The van der Waals surface area contributed by atoms with Crippen LogP contribution in [0.3, 0.4) is 0 Å². The minimum Gasteiger partial charge on any atom is -0.480 e. The van der Waals surface area contributed by atoms with Crippen LogP contribution in [-0.4, -0.2) is 242 Å². The summed E-state index contributed by atoms with van der Waals surface area (Å²) in [5.74, 6) is -1.62. The van der Waals surface area contributed by atoms with E-state index in [1.807, 2.05) is 96.2 Å². The third-order valence-corrected chi connectivity index (χ3v) is 18.6. The number of nitrogen functional groups attached to an aromatic ring is 1. The first-order chi connectivity index (χ1) is 46.4. The van der Waals surface area contributed by atoms with Crippen molar-refractivity contribution >= 4 is 57.9 Å². The van der Waals surface area contributed by atoms with Crippen LogP contribution in [0.1, 0.15) is 183 Å². The van der Waals surface area contributed by atoms with Crippen LogP contribution in [0.15, 0.2) is 55.6 Å². The van der Waals surface area contributed by atoms with Crippen molar-refractivity contribution in [2.45, 2.75) is 200 Å². The fourth-order valence-corrected chi connectivity index (χ4v) is 13.5. The SMILES string of the molecule is CC(=O)C(C(=O)OC(C)(C)C)C(=O)C1CCCN1C.CC(=O)CC(=O)C1CCCN1C.CN1CCCC1C(=O)Cl.CN1CCCC1C(=O)O.Cc1cc(C2CCCN2)nc(-n2ccnc2)n1.Cc1cc(C2CCCN2C)nc(-n2ccnc2)n1.Cc1cc(C2CCCN2C)nc(N)n1. The summed E-state index contributed by atoms with van der Waals surface area (Å²) < 4.78 is 8.87. The average Bonchev–Trinajstić information content (AvgIpc) is 1.54. The second-order valence-electron chi connectivity index (χ2n) is 27.6. The zero-order valence-corrected chi connectivity index (χ0v) is 61.0. The summed E-state index contributed by atoms with van der Waals surface area (Å²) in [6.07, 6.45) is 25.4. The number of nitrogens with one attached hydrogen (secondary N) is 1. The molecule has 0 radical (unpaired) electrons. The minimum atomic E-state index is -1.29. The number of imidazole rings is 2. The van der Waals surface area contributed by atoms with Crippen molar-refractivity contribution in [1.82, 2.24) is 83.7 Å². The molecule has 98 heavy (non-hydrogen) atoms. The van der Waals surface area contributed by atoms with Crippen molar-refractivity contribution in [3.05, 3.63) is 89.8 Å². The van der Waals surface area contributed by atoms with E-state index in [0.717, 1.165) is 131 Å². The summed E-state index contributed by atoms with van der Waals surface area (Å²) in [5.41, 5.74) is 11.1. The number of esters is 1. The predicted molar refractivity (Wildman–Crippen MR) is 375 cm³/mol. The number of aliphatic carboxylic acids is 1. The van der Waals surface area contributed by atoms with Crippen molar-refractivity contribution in [1.29, 1.82) is 0 Å². The fraction of sp³-hybridized carbons (Fsp3) is 0.643. The van der Waals surface area contributed by atoms with Crippen LogP contribution in [0, 0.1) is 26.7 Å². The van der Waals surface area contributed by atoms with Gasteiger partial charge in [-0.3, -0.25) is 72.1 Å². The lowest BCUT2D eigenvalue weighted by Crippen LogP contribution is -2.44. The number of anilines is 1. The summed E-state index contributed by atoms with van der Waals surface area (Å²) in [6.45, 7) is 20.9. The number of aromatic nitrogens is 10. The molecule has 12 heterocycles. The summed E-state index contributed by atoms with van der Waals surface area (Å²) in [5, 5.41) is 11.8. The first kappa shape index (κ1) is 79.7. The lowest BCUT2D eigenvalue weighted by Gasteiger charge is -2.25. The van der Waals surface area contributed by atoms with E-state index >= 15 is 0 Å². The Morgan fingerprint density at radius 3 is 1.36 bits per heavy atom. The number of carbonyl (C=O) groups is 7. The molecule has 8 unspecified atom stereocenters. The summed E-state index contributed by atoms with van der Waals surface area (Å²) in [4.78, 5) is 126. The van der Waals surface area contributed by atoms with Gasteiger partial charge >= 0.3 is 11.9 Å². The maximum Gasteiger partial charge on any atom is 0.324 e. The number of carbonyl (C=O) groups excluding carboxylic acids is 6. The normalized spacial score (nSPS) is 23.0. The zero-order chi connectivity index (χ0) is 72.0. The van der Waals surface area contributed by atoms with Crippen LogP contribution >= 0.6 is 11.6 Å². The maximum atomic E-state index is 12.4. The molecule has 5 aromatic heterocycles. The number of rotatable bonds is 14. The number of likely N-dealkylation sites (tertiary alicyclic amines) is 6. The van der Waals surface area contributed by atoms with E-state index in [9.17, 15) is 33.6 Å². The van der Waals surface area contributed by atoms with Crippen LogP contribution in [-0.2, 0) is 38.3 Å². The number of Topliss-reactive ketones (excluding diaryl/α,β-unsaturated/α-hetero) is 4. The molecular formula is C70H107ClN18O9. The number of carboxylic acids is 1. The zero-order valence-electron chi connectivity index (χ0n) is 60.2. The second kappa shape index (κ2) is 38.4. The molecule has 27 nitrogen and oxygen atoms in total. The van der Waals surface area contributed by atoms with Crippen molar-refractivity contribution in [2.24, 2.45) is 5.92 Å². The first-order valence-corrected chi connectivity index (χ1v) is 34.7. The molecule has 0 bridgehead atoms. The van der Waals surface area contributed by atoms with Gasteiger partial charge in [0.15, 0.2) is 23.3 Å². The Bertz CT molecular complexity index is 3350. The number of hydrogen-bond acceptors (Lipinski definition) is 24. The quantitative estimate of drug-likeness (QED) is 0.0567. The Morgan fingerprint density at radius 1 is 0.571 bits per heavy atom. The molecule has 538 valence electrons. The number of ether oxygens (including phenoxy) is 1. The molecular weight excluding hydrogens is 1270 g/mol. The van der Waals surface area contributed by atoms with Crippen LogP contribution in [0.5, 0.6) is 0 Å². The van der Waals surface area contributed by atoms with Gasteiger partial charge in [0.1, 0.15) is 30.1 Å². The number of nitrogens with zero attached hydrogens (tertiary/aromatic N) is 16. The number of likely N-dealkylation sites (N-methyl/N-ethyl adjacent to an activating group) is 4. The molecule has 4 N–H and O–H groups in total. The topological polar surface area (TPSA) is 319 Å². The van der Waals surface area contributed by atoms with Gasteiger partial charge in [-0.15, -0.1) is 0 Å². The van der Waals surface area contributed by atoms with Crippen LogP contribution < -0.4 is 11.1 Å². The van der Waals surface area contributed by atoms with Gasteiger partial charge in [0, 0.05) is 47.9 Å². The Hall–Kier alpha value is -7.24. The second-order valence-corrected chi connectivity index (χ2v) is 28.0. The van der Waals surface area contributed by atoms with E-state index in [1.54, 1.807) is 45.8 Å². The molecule has 0 saturated carbocycles. The first-order valence-electron chi connectivity index (χ1n) is 34.4. The molecule has 5 aromatic rings. The maximum absolute atomic E-state index is 12.4. The Labute approximate surface area is 583 Å². The van der Waals surface area contributed by atoms with Crippen molar-refractivity contribution in [3.8, 4) is 11.9 Å². The third-order valence-electron chi connectivity index (χ3n) is 18.3. The van der Waals surface area contributed by atoms with Crippen LogP contribution in [0.25, 0.3) is 11.9 Å². The number of halogens is 1. The van der Waals surface area contributed by atoms with E-state index in [1.165, 1.54) is 46.0 Å². The van der Waals surface area contributed by atoms with Crippen molar-refractivity contribution < 1.29 is 43.4 Å². The van der Waals surface area contributed by atoms with Crippen molar-refractivity contribution in [2.75, 3.05) is 93.8 Å². The highest BCUT2D eigenvalue weighted by Gasteiger charge is 2.41. The van der Waals surface area contributed by atoms with Crippen molar-refractivity contribution in [3.63, 3.8) is 0 Å². The third kappa shape index (κ3) is 24.6. The standard InChI is InChI=1S/C14H23NO4.C13H17N5.C12H15N5.C10H16N4.C9H15NO2.C6H10ClNO.C6H11NO2/c1-9(16)11(13(18)19-14(2,3)4)12(17)10-7-6-8-15(10)5;1-10-8-11(12-4-3-6-17(12)2)16-13(15-10)18-7-5-14-9-18;1-9-7-11(10-3-2-4-14-10)16-12(15-9)17-6-5-13-8-17;1-7-6-8(13-10(11)12-7)9-4-3-5-14(9)2;1-7(11)6-9(12)8-4-3-5-10(8)2;1-8-4-2-3-5(8)6(7)9;1-7-4-2-3-5(7)6(8)9/h10-11H,6-8H2,1-5H3;5,7-9,12H,3-4,6H2,1-2H3;5-8,10,14H,2-4H2,1H3;6,9H,3-5H2,1-2H3,(H2,11,12,13);8H,3-6H2,1-2H3;5H,2-4H2,1H3;5H,2-4H2,1H3,(H,8,9). The summed E-state index contributed by atoms with van der Waals surface area (Å²) in [6, 6.07) is 6.85. The number of aryl methyl sites for hydroxylation is 3. The van der Waals surface area contributed by atoms with Gasteiger partial charge < -0.3 is 20.9 Å². The Morgan fingerprint density at radius 2 is 1.00 bits per heavy atom. The highest BCUT2D eigenvalue weighted by Crippen LogP contribution is 2.31. The molecule has 7 aliphatic rings. The Kier molecular flexibility index (Phi) is 31.2. The monoisotopic (exact) mass is 1380 g/mol. The van der Waals surface area contributed by atoms with Crippen LogP contribution in [0.4, 0.5) is 5.95 Å². The van der Waals surface area contributed by atoms with Gasteiger partial charge in [-0.25, -0.2) is 39.9 Å². The highest BCUT2D eigenvalue weighted by molar-refractivity contribution is 6.64. The molecule has 0 spiro atoms. The number of carboxylic acid groups (broad SMARTS) is 1. The molecule has 7 aliphatic heterocycles. The van der Waals surface area contributed by atoms with E-state index in [2.05, 4.69) is 81.2 Å². The highest BCUT2D eigenvalue weighted by atomic mass is 35.5. The molecule has 0 amide bonds. The molecule has 0 aliphatic carbocycles. The lowest BCUT2D eigenvalue weighted by molar-refractivity contribution is -0.164. The smallest absolute Gasteiger partial charge is 0.324 e. The van der Waals surface area contributed by atoms with Gasteiger partial charge in [0.05, 0.1) is 53.7 Å². The van der Waals surface area contributed by atoms with E-state index in [-0.39, 0.29) is 53.2 Å². The fourth-order valence-electron chi connectivity index (χ4n) is 13.2. The summed E-state index contributed by atoms with van der Waals surface area (Å²) in [7, 11) is 11.8. The number of ketones is 4. The van der Waals surface area contributed by atoms with Gasteiger partial charge in [0.2, 0.25) is 23.1 Å². The van der Waals surface area contributed by atoms with Crippen LogP contribution in [0.2, 0.25) is 0 Å². The molecule has 7 saturated heterocycles. The molecule has 12 rings (SSSR count). The lowest BCUT2D eigenvalue weighted by atomic mass is 9.93. The molecule has 28 heteroatoms. The number of hydrogen-bond donors (Lipinski definition) is 3. The van der Waals surface area contributed by atoms with E-state index in [0.29, 0.717) is 42.4 Å². The Balaban J connectivity index is 0.000000183. The minimum absolute atomic E-state index is 0.00772. The average molecular weight is 1380 g/mol. The summed E-state index contributed by atoms with van der Waals surface area (Å²) >= 11 is 5.30. The predicted octanol–water partition coefficient (Wildman–Crippen LogP) is 7.10. The largest absolute Gasteiger partial charge is 0.480 e. The number of nitrogens with two attached hydrogens (primary N) is 1. The molecule has 7 fully saturated rings. The van der Waals surface area contributed by atoms with E-state index in [4.69, 9.17) is 27.2 Å². The van der Waals surface area contributed by atoms with Gasteiger partial charge in [-0.05, 0) is 263 Å². The molecule has 0 aromatic carbocycles. The van der Waals surface area contributed by atoms with E-state index < -0.39 is 29.2 Å². The van der Waals surface area contributed by atoms with Gasteiger partial charge in [-0.1, -0.05) is 0 Å².